The second-order valence-electron chi connectivity index (χ2n) is 6.84. The zero-order valence-electron chi connectivity index (χ0n) is 14.3. The zero-order valence-corrected chi connectivity index (χ0v) is 14.3. The van der Waals surface area contributed by atoms with Gasteiger partial charge in [-0.25, -0.2) is 0 Å². The van der Waals surface area contributed by atoms with Gasteiger partial charge in [0.2, 0.25) is 0 Å². The monoisotopic (exact) mass is 290 g/mol. The summed E-state index contributed by atoms with van der Waals surface area (Å²) < 4.78 is 0. The summed E-state index contributed by atoms with van der Waals surface area (Å²) in [6.07, 6.45) is 4.15. The summed E-state index contributed by atoms with van der Waals surface area (Å²) in [6.45, 7) is 11.8. The van der Waals surface area contributed by atoms with Crippen molar-refractivity contribution in [2.45, 2.75) is 60.0 Å². The number of rotatable bonds is 5. The average molecular weight is 290 g/mol. The maximum Gasteiger partial charge on any atom is 0.191 e. The predicted octanol–water partition coefficient (Wildman–Crippen LogP) is 3.27. The van der Waals surface area contributed by atoms with Crippen LogP contribution in [0.2, 0.25) is 0 Å². The molecule has 0 spiro atoms. The van der Waals surface area contributed by atoms with Gasteiger partial charge in [-0.1, -0.05) is 26.8 Å². The molecule has 0 aliphatic rings. The Bertz CT molecular complexity index is 460. The topological polar surface area (TPSA) is 49.3 Å². The van der Waals surface area contributed by atoms with Gasteiger partial charge in [-0.15, -0.1) is 0 Å². The Morgan fingerprint density at radius 1 is 1.38 bits per heavy atom. The predicted molar refractivity (Wildman–Crippen MR) is 90.5 cm³/mol. The van der Waals surface area contributed by atoms with Crippen LogP contribution in [0.25, 0.3) is 0 Å². The van der Waals surface area contributed by atoms with Crippen LogP contribution in [0.5, 0.6) is 0 Å². The van der Waals surface area contributed by atoms with Crippen molar-refractivity contribution < 1.29 is 0 Å². The summed E-state index contributed by atoms with van der Waals surface area (Å²) in [5.41, 5.74) is 2.63. The number of hydrogen-bond donors (Lipinski definition) is 2. The minimum Gasteiger partial charge on any atom is -0.354 e. The molecule has 4 nitrogen and oxygen atoms in total. The second kappa shape index (κ2) is 8.01. The molecule has 118 valence electrons. The molecule has 1 unspecified atom stereocenters. The lowest BCUT2D eigenvalue weighted by Crippen LogP contribution is -2.42. The Kier molecular flexibility index (Phi) is 6.66. The Morgan fingerprint density at radius 3 is 2.67 bits per heavy atom. The van der Waals surface area contributed by atoms with Gasteiger partial charge in [0.1, 0.15) is 0 Å². The molecule has 0 aliphatic heterocycles. The van der Waals surface area contributed by atoms with E-state index in [2.05, 4.69) is 61.3 Å². The summed E-state index contributed by atoms with van der Waals surface area (Å²) in [4.78, 5) is 8.67. The zero-order chi connectivity index (χ0) is 15.9. The van der Waals surface area contributed by atoms with E-state index < -0.39 is 0 Å². The molecule has 0 aromatic carbocycles. The first-order valence-electron chi connectivity index (χ1n) is 7.69. The van der Waals surface area contributed by atoms with Gasteiger partial charge in [-0.3, -0.25) is 9.98 Å². The molecule has 0 bridgehead atoms. The van der Waals surface area contributed by atoms with Gasteiger partial charge in [-0.05, 0) is 43.7 Å². The minimum absolute atomic E-state index is 0.373. The van der Waals surface area contributed by atoms with Gasteiger partial charge in [-0.2, -0.15) is 0 Å². The van der Waals surface area contributed by atoms with Gasteiger partial charge in [0.15, 0.2) is 5.96 Å². The van der Waals surface area contributed by atoms with Crippen LogP contribution in [0.4, 0.5) is 0 Å². The molecular formula is C17H30N4. The van der Waals surface area contributed by atoms with Crippen molar-refractivity contribution in [2.24, 2.45) is 10.4 Å². The van der Waals surface area contributed by atoms with Crippen molar-refractivity contribution in [3.05, 3.63) is 29.6 Å². The Balaban J connectivity index is 2.44. The van der Waals surface area contributed by atoms with Crippen LogP contribution in [0.15, 0.2) is 23.3 Å². The molecule has 0 saturated carbocycles. The molecule has 0 saturated heterocycles. The number of nitrogens with zero attached hydrogens (tertiary/aromatic N) is 2. The van der Waals surface area contributed by atoms with Crippen molar-refractivity contribution in [2.75, 3.05) is 7.05 Å². The van der Waals surface area contributed by atoms with Gasteiger partial charge < -0.3 is 10.6 Å². The first kappa shape index (κ1) is 17.5. The standard InChI is InChI=1S/C17H30N4/c1-13-8-7-11-19-15(13)12-20-16(18-6)21-14(2)9-10-17(3,4)5/h7-8,11,14H,9-10,12H2,1-6H3,(H2,18,20,21). The quantitative estimate of drug-likeness (QED) is 0.646. The van der Waals surface area contributed by atoms with Crippen molar-refractivity contribution in [3.8, 4) is 0 Å². The molecular weight excluding hydrogens is 260 g/mol. The summed E-state index contributed by atoms with van der Waals surface area (Å²) >= 11 is 0. The Labute approximate surface area is 129 Å². The molecule has 1 rings (SSSR count). The summed E-state index contributed by atoms with van der Waals surface area (Å²) in [7, 11) is 1.80. The van der Waals surface area contributed by atoms with E-state index in [1.165, 1.54) is 12.0 Å². The highest BCUT2D eigenvalue weighted by Crippen LogP contribution is 2.21. The van der Waals surface area contributed by atoms with Crippen LogP contribution in [0, 0.1) is 12.3 Å². The molecule has 1 heterocycles. The highest BCUT2D eigenvalue weighted by atomic mass is 15.2. The third-order valence-corrected chi connectivity index (χ3v) is 3.48. The third kappa shape index (κ3) is 7.11. The normalized spacial score (nSPS) is 13.9. The SMILES string of the molecule is CN=C(NCc1ncccc1C)NC(C)CCC(C)(C)C. The second-order valence-corrected chi connectivity index (χ2v) is 6.84. The van der Waals surface area contributed by atoms with Crippen LogP contribution in [-0.2, 0) is 6.54 Å². The van der Waals surface area contributed by atoms with E-state index in [1.807, 2.05) is 12.3 Å². The molecule has 2 N–H and O–H groups in total. The molecule has 0 fully saturated rings. The fraction of sp³-hybridized carbons (Fsp3) is 0.647. The highest BCUT2D eigenvalue weighted by Gasteiger charge is 2.13. The third-order valence-electron chi connectivity index (χ3n) is 3.48. The van der Waals surface area contributed by atoms with Crippen LogP contribution in [0.1, 0.15) is 51.8 Å². The first-order chi connectivity index (χ1) is 9.81. The number of guanidine groups is 1. The van der Waals surface area contributed by atoms with E-state index in [0.717, 1.165) is 18.1 Å². The van der Waals surface area contributed by atoms with Crippen LogP contribution < -0.4 is 10.6 Å². The largest absolute Gasteiger partial charge is 0.354 e. The summed E-state index contributed by atoms with van der Waals surface area (Å²) in [5.74, 6) is 0.835. The lowest BCUT2D eigenvalue weighted by atomic mass is 9.89. The van der Waals surface area contributed by atoms with Crippen LogP contribution in [0.3, 0.4) is 0 Å². The van der Waals surface area contributed by atoms with Crippen molar-refractivity contribution >= 4 is 5.96 Å². The first-order valence-corrected chi connectivity index (χ1v) is 7.69. The molecule has 0 aliphatic carbocycles. The molecule has 4 heteroatoms. The Hall–Kier alpha value is -1.58. The number of nitrogens with one attached hydrogen (secondary N) is 2. The van der Waals surface area contributed by atoms with E-state index in [4.69, 9.17) is 0 Å². The molecule has 1 aromatic rings. The molecule has 0 radical (unpaired) electrons. The fourth-order valence-electron chi connectivity index (χ4n) is 2.02. The van der Waals surface area contributed by atoms with Gasteiger partial charge in [0.25, 0.3) is 0 Å². The van der Waals surface area contributed by atoms with E-state index in [0.29, 0.717) is 18.0 Å². The number of aromatic nitrogens is 1. The molecule has 1 atom stereocenters. The minimum atomic E-state index is 0.373. The van der Waals surface area contributed by atoms with Crippen molar-refractivity contribution in [3.63, 3.8) is 0 Å². The maximum atomic E-state index is 4.39. The van der Waals surface area contributed by atoms with Crippen molar-refractivity contribution in [1.82, 2.24) is 15.6 Å². The van der Waals surface area contributed by atoms with Gasteiger partial charge >= 0.3 is 0 Å². The molecule has 0 amide bonds. The average Bonchev–Trinajstić information content (AvgIpc) is 2.42. The van der Waals surface area contributed by atoms with Crippen LogP contribution >= 0.6 is 0 Å². The Morgan fingerprint density at radius 2 is 2.10 bits per heavy atom. The highest BCUT2D eigenvalue weighted by molar-refractivity contribution is 5.79. The van der Waals surface area contributed by atoms with E-state index >= 15 is 0 Å². The van der Waals surface area contributed by atoms with Crippen LogP contribution in [-0.4, -0.2) is 24.0 Å². The lowest BCUT2D eigenvalue weighted by Gasteiger charge is -2.23. The number of aryl methyl sites for hydroxylation is 1. The van der Waals surface area contributed by atoms with Crippen molar-refractivity contribution in [1.29, 1.82) is 0 Å². The fourth-order valence-corrected chi connectivity index (χ4v) is 2.02. The number of aliphatic imine (C=N–C) groups is 1. The van der Waals surface area contributed by atoms with Gasteiger partial charge in [0.05, 0.1) is 12.2 Å². The van der Waals surface area contributed by atoms with E-state index in [9.17, 15) is 0 Å². The summed E-state index contributed by atoms with van der Waals surface area (Å²) in [6, 6.07) is 4.44. The van der Waals surface area contributed by atoms with E-state index in [1.54, 1.807) is 7.05 Å². The summed E-state index contributed by atoms with van der Waals surface area (Å²) in [5, 5.41) is 6.77. The number of pyridine rings is 1. The lowest BCUT2D eigenvalue weighted by molar-refractivity contribution is 0.346. The molecule has 21 heavy (non-hydrogen) atoms. The molecule has 1 aromatic heterocycles. The van der Waals surface area contributed by atoms with Gasteiger partial charge in [0, 0.05) is 19.3 Å². The maximum absolute atomic E-state index is 4.39. The number of hydrogen-bond acceptors (Lipinski definition) is 2. The smallest absolute Gasteiger partial charge is 0.191 e. The van der Waals surface area contributed by atoms with E-state index in [-0.39, 0.29) is 0 Å².